The van der Waals surface area contributed by atoms with E-state index < -0.39 is 17.9 Å². The summed E-state index contributed by atoms with van der Waals surface area (Å²) in [6, 6.07) is -0.933. The van der Waals surface area contributed by atoms with Crippen molar-refractivity contribution in [2.75, 3.05) is 0 Å². The van der Waals surface area contributed by atoms with Crippen LogP contribution in [0.2, 0.25) is 0 Å². The first-order chi connectivity index (χ1) is 6.52. The molecule has 76 valence electrons. The smallest absolute Gasteiger partial charge is 0.325 e. The largest absolute Gasteiger partial charge is 0.480 e. The van der Waals surface area contributed by atoms with Gasteiger partial charge in [-0.15, -0.1) is 0 Å². The first-order valence-corrected chi connectivity index (χ1v) is 4.54. The average molecular weight is 262 g/mol. The molecule has 0 bridgehead atoms. The fourth-order valence-electron chi connectivity index (χ4n) is 0.761. The average Bonchev–Trinajstić information content (AvgIpc) is 2.51. The topological polar surface area (TPSA) is 95.1 Å². The maximum Gasteiger partial charge on any atom is 0.325 e. The zero-order valence-corrected chi connectivity index (χ0v) is 8.83. The van der Waals surface area contributed by atoms with E-state index in [2.05, 4.69) is 31.4 Å². The van der Waals surface area contributed by atoms with E-state index in [0.717, 1.165) is 0 Å². The molecule has 0 saturated heterocycles. The van der Waals surface area contributed by atoms with E-state index in [0.29, 0.717) is 4.47 Å². The molecule has 0 aliphatic heterocycles. The number of hydrogen-bond acceptors (Lipinski definition) is 3. The highest BCUT2D eigenvalue weighted by atomic mass is 79.9. The molecule has 0 unspecified atom stereocenters. The second-order valence-electron chi connectivity index (χ2n) is 2.63. The molecule has 7 heteroatoms. The van der Waals surface area contributed by atoms with E-state index in [1.54, 1.807) is 0 Å². The van der Waals surface area contributed by atoms with Crippen LogP contribution in [0.1, 0.15) is 17.4 Å². The SMILES string of the molecule is C[C@H](NC(=O)c1[nH]ncc1Br)C(=O)O. The maximum absolute atomic E-state index is 11.4. The van der Waals surface area contributed by atoms with E-state index in [4.69, 9.17) is 5.11 Å². The number of aromatic nitrogens is 2. The van der Waals surface area contributed by atoms with Crippen LogP contribution in [0.3, 0.4) is 0 Å². The minimum Gasteiger partial charge on any atom is -0.480 e. The summed E-state index contributed by atoms with van der Waals surface area (Å²) in [6.07, 6.45) is 1.42. The minimum atomic E-state index is -1.09. The monoisotopic (exact) mass is 261 g/mol. The van der Waals surface area contributed by atoms with Crippen LogP contribution < -0.4 is 5.32 Å². The number of halogens is 1. The summed E-state index contributed by atoms with van der Waals surface area (Å²) in [4.78, 5) is 21.8. The van der Waals surface area contributed by atoms with Crippen LogP contribution in [0.5, 0.6) is 0 Å². The Hall–Kier alpha value is -1.37. The Kier molecular flexibility index (Phi) is 3.23. The van der Waals surface area contributed by atoms with E-state index in [-0.39, 0.29) is 5.69 Å². The number of carbonyl (C=O) groups is 2. The van der Waals surface area contributed by atoms with Gasteiger partial charge in [0.25, 0.3) is 5.91 Å². The van der Waals surface area contributed by atoms with Gasteiger partial charge >= 0.3 is 5.97 Å². The highest BCUT2D eigenvalue weighted by Crippen LogP contribution is 2.12. The molecule has 1 aromatic rings. The molecular weight excluding hydrogens is 254 g/mol. The van der Waals surface area contributed by atoms with Crippen molar-refractivity contribution in [2.45, 2.75) is 13.0 Å². The van der Waals surface area contributed by atoms with Crippen molar-refractivity contribution >= 4 is 27.8 Å². The van der Waals surface area contributed by atoms with Gasteiger partial charge in [-0.1, -0.05) is 0 Å². The van der Waals surface area contributed by atoms with Crippen LogP contribution in [-0.4, -0.2) is 33.2 Å². The molecule has 1 amide bonds. The van der Waals surface area contributed by atoms with E-state index >= 15 is 0 Å². The number of nitrogens with one attached hydrogen (secondary N) is 2. The second-order valence-corrected chi connectivity index (χ2v) is 3.48. The van der Waals surface area contributed by atoms with Gasteiger partial charge in [0.05, 0.1) is 10.7 Å². The van der Waals surface area contributed by atoms with Gasteiger partial charge in [-0.25, -0.2) is 0 Å². The molecule has 1 atom stereocenters. The third kappa shape index (κ3) is 2.32. The van der Waals surface area contributed by atoms with Crippen LogP contribution in [0, 0.1) is 0 Å². The first-order valence-electron chi connectivity index (χ1n) is 3.75. The molecule has 6 nitrogen and oxygen atoms in total. The normalized spacial score (nSPS) is 12.1. The van der Waals surface area contributed by atoms with E-state index in [1.165, 1.54) is 13.1 Å². The summed E-state index contributed by atoms with van der Waals surface area (Å²) in [7, 11) is 0. The van der Waals surface area contributed by atoms with Crippen molar-refractivity contribution in [3.8, 4) is 0 Å². The number of nitrogens with zero attached hydrogens (tertiary/aromatic N) is 1. The Labute approximate surface area is 87.8 Å². The van der Waals surface area contributed by atoms with Crippen LogP contribution in [0.25, 0.3) is 0 Å². The maximum atomic E-state index is 11.4. The zero-order chi connectivity index (χ0) is 10.7. The van der Waals surface area contributed by atoms with Gasteiger partial charge in [-0.05, 0) is 22.9 Å². The number of H-pyrrole nitrogens is 1. The van der Waals surface area contributed by atoms with E-state index in [1.807, 2.05) is 0 Å². The molecule has 0 aromatic carbocycles. The lowest BCUT2D eigenvalue weighted by molar-refractivity contribution is -0.138. The number of amides is 1. The molecule has 1 aromatic heterocycles. The van der Waals surface area contributed by atoms with Crippen LogP contribution >= 0.6 is 15.9 Å². The highest BCUT2D eigenvalue weighted by molar-refractivity contribution is 9.10. The molecule has 0 spiro atoms. The van der Waals surface area contributed by atoms with Gasteiger partial charge < -0.3 is 10.4 Å². The predicted octanol–water partition coefficient (Wildman–Crippen LogP) is 0.375. The Bertz CT molecular complexity index is 363. The number of carbonyl (C=O) groups excluding carboxylic acids is 1. The molecule has 0 aliphatic rings. The Morgan fingerprint density at radius 2 is 2.36 bits per heavy atom. The lowest BCUT2D eigenvalue weighted by Gasteiger charge is -2.07. The Morgan fingerprint density at radius 1 is 1.71 bits per heavy atom. The molecule has 3 N–H and O–H groups in total. The van der Waals surface area contributed by atoms with Crippen molar-refractivity contribution in [3.05, 3.63) is 16.4 Å². The van der Waals surface area contributed by atoms with Gasteiger partial charge in [0.15, 0.2) is 0 Å². The second kappa shape index (κ2) is 4.23. The summed E-state index contributed by atoms with van der Waals surface area (Å²) < 4.78 is 0.493. The molecule has 1 heterocycles. The lowest BCUT2D eigenvalue weighted by atomic mass is 10.3. The van der Waals surface area contributed by atoms with Crippen molar-refractivity contribution in [3.63, 3.8) is 0 Å². The molecule has 0 fully saturated rings. The number of aliphatic carboxylic acids is 1. The van der Waals surface area contributed by atoms with Crippen molar-refractivity contribution in [1.82, 2.24) is 15.5 Å². The minimum absolute atomic E-state index is 0.207. The fourth-order valence-corrected chi connectivity index (χ4v) is 1.13. The van der Waals surface area contributed by atoms with Crippen molar-refractivity contribution in [2.24, 2.45) is 0 Å². The number of hydrogen-bond donors (Lipinski definition) is 3. The first kappa shape index (κ1) is 10.7. The highest BCUT2D eigenvalue weighted by Gasteiger charge is 2.18. The number of carboxylic acid groups (broad SMARTS) is 1. The molecule has 14 heavy (non-hydrogen) atoms. The standard InChI is InChI=1S/C7H8BrN3O3/c1-3(7(13)14)10-6(12)5-4(8)2-9-11-5/h2-3H,1H3,(H,9,11)(H,10,12)(H,13,14)/t3-/m0/s1. The zero-order valence-electron chi connectivity index (χ0n) is 7.24. The van der Waals surface area contributed by atoms with Gasteiger partial charge in [0.1, 0.15) is 11.7 Å². The summed E-state index contributed by atoms with van der Waals surface area (Å²) in [5.41, 5.74) is 0.207. The van der Waals surface area contributed by atoms with Gasteiger partial charge in [0.2, 0.25) is 0 Å². The number of aromatic amines is 1. The van der Waals surface area contributed by atoms with Crippen LogP contribution in [0.4, 0.5) is 0 Å². The van der Waals surface area contributed by atoms with Gasteiger partial charge in [-0.3, -0.25) is 14.7 Å². The lowest BCUT2D eigenvalue weighted by Crippen LogP contribution is -2.38. The molecule has 0 radical (unpaired) electrons. The van der Waals surface area contributed by atoms with Gasteiger partial charge in [-0.2, -0.15) is 5.10 Å². The third-order valence-corrected chi connectivity index (χ3v) is 2.14. The third-order valence-electron chi connectivity index (χ3n) is 1.54. The molecule has 1 rings (SSSR count). The van der Waals surface area contributed by atoms with E-state index in [9.17, 15) is 9.59 Å². The number of carboxylic acids is 1. The Balaban J connectivity index is 2.69. The summed E-state index contributed by atoms with van der Waals surface area (Å²) >= 11 is 3.09. The van der Waals surface area contributed by atoms with Gasteiger partial charge in [0, 0.05) is 0 Å². The van der Waals surface area contributed by atoms with Crippen molar-refractivity contribution in [1.29, 1.82) is 0 Å². The predicted molar refractivity (Wildman–Crippen MR) is 50.9 cm³/mol. The fraction of sp³-hybridized carbons (Fsp3) is 0.286. The summed E-state index contributed by atoms with van der Waals surface area (Å²) in [6.45, 7) is 1.38. The molecular formula is C7H8BrN3O3. The Morgan fingerprint density at radius 3 is 2.79 bits per heavy atom. The van der Waals surface area contributed by atoms with Crippen molar-refractivity contribution < 1.29 is 14.7 Å². The summed E-state index contributed by atoms with van der Waals surface area (Å²) in [5.74, 6) is -1.60. The number of rotatable bonds is 3. The molecule has 0 aliphatic carbocycles. The quantitative estimate of drug-likeness (QED) is 0.733. The van der Waals surface area contributed by atoms with Crippen LogP contribution in [0.15, 0.2) is 10.7 Å². The van der Waals surface area contributed by atoms with Crippen LogP contribution in [-0.2, 0) is 4.79 Å². The summed E-state index contributed by atoms with van der Waals surface area (Å²) in [5, 5.41) is 16.9. The molecule has 0 saturated carbocycles.